The van der Waals surface area contributed by atoms with Gasteiger partial charge in [-0.3, -0.25) is 4.79 Å². The summed E-state index contributed by atoms with van der Waals surface area (Å²) in [5.41, 5.74) is 3.67. The highest BCUT2D eigenvalue weighted by atomic mass is 16.2. The third-order valence-corrected chi connectivity index (χ3v) is 5.00. The molecule has 1 aromatic heterocycles. The van der Waals surface area contributed by atoms with E-state index in [2.05, 4.69) is 18.7 Å². The number of benzene rings is 1. The van der Waals surface area contributed by atoms with Crippen LogP contribution in [0.5, 0.6) is 0 Å². The molecule has 5 nitrogen and oxygen atoms in total. The van der Waals surface area contributed by atoms with Crippen molar-refractivity contribution >= 4 is 5.91 Å². The van der Waals surface area contributed by atoms with Crippen molar-refractivity contribution in [1.29, 1.82) is 0 Å². The lowest BCUT2D eigenvalue weighted by Crippen LogP contribution is -2.48. The molecule has 3 rings (SSSR count). The lowest BCUT2D eigenvalue weighted by Gasteiger charge is -2.34. The number of aromatic nitrogens is 2. The van der Waals surface area contributed by atoms with E-state index < -0.39 is 0 Å². The number of likely N-dealkylation sites (N-methyl/N-ethyl adjacent to an activating group) is 1. The van der Waals surface area contributed by atoms with Crippen LogP contribution in [0.1, 0.15) is 42.0 Å². The predicted molar refractivity (Wildman–Crippen MR) is 100 cm³/mol. The molecule has 1 aliphatic rings. The van der Waals surface area contributed by atoms with E-state index in [1.807, 2.05) is 46.8 Å². The number of nitrogens with zero attached hydrogens (tertiary/aromatic N) is 4. The van der Waals surface area contributed by atoms with Crippen molar-refractivity contribution in [3.8, 4) is 5.69 Å². The van der Waals surface area contributed by atoms with Crippen LogP contribution in [0.15, 0.2) is 30.3 Å². The number of rotatable bonds is 5. The highest BCUT2D eigenvalue weighted by molar-refractivity contribution is 5.96. The van der Waals surface area contributed by atoms with Gasteiger partial charge in [-0.2, -0.15) is 5.10 Å². The Bertz CT molecular complexity index is 715. The zero-order valence-corrected chi connectivity index (χ0v) is 15.5. The Morgan fingerprint density at radius 1 is 1.08 bits per heavy atom. The molecule has 0 atom stereocenters. The fourth-order valence-corrected chi connectivity index (χ4v) is 3.50. The predicted octanol–water partition coefficient (Wildman–Crippen LogP) is 2.91. The van der Waals surface area contributed by atoms with Gasteiger partial charge in [0.25, 0.3) is 5.91 Å². The molecule has 0 bridgehead atoms. The third-order valence-electron chi connectivity index (χ3n) is 5.00. The van der Waals surface area contributed by atoms with Crippen molar-refractivity contribution < 1.29 is 4.79 Å². The second-order valence-electron chi connectivity index (χ2n) is 6.63. The maximum atomic E-state index is 13.2. The summed E-state index contributed by atoms with van der Waals surface area (Å²) in [4.78, 5) is 17.6. The summed E-state index contributed by atoms with van der Waals surface area (Å²) in [6.45, 7) is 10.9. The number of aryl methyl sites for hydroxylation is 1. The monoisotopic (exact) mass is 340 g/mol. The first-order chi connectivity index (χ1) is 12.2. The van der Waals surface area contributed by atoms with Gasteiger partial charge < -0.3 is 9.80 Å². The van der Waals surface area contributed by atoms with Gasteiger partial charge in [0.15, 0.2) is 0 Å². The first-order valence-electron chi connectivity index (χ1n) is 9.31. The van der Waals surface area contributed by atoms with Crippen molar-refractivity contribution in [2.75, 3.05) is 32.7 Å². The second-order valence-corrected chi connectivity index (χ2v) is 6.63. The van der Waals surface area contributed by atoms with Crippen molar-refractivity contribution in [2.24, 2.45) is 0 Å². The van der Waals surface area contributed by atoms with Crippen molar-refractivity contribution in [1.82, 2.24) is 19.6 Å². The smallest absolute Gasteiger partial charge is 0.257 e. The van der Waals surface area contributed by atoms with Gasteiger partial charge in [0, 0.05) is 26.2 Å². The van der Waals surface area contributed by atoms with Gasteiger partial charge >= 0.3 is 0 Å². The van der Waals surface area contributed by atoms with E-state index in [4.69, 9.17) is 5.10 Å². The molecule has 2 heterocycles. The quantitative estimate of drug-likeness (QED) is 0.840. The van der Waals surface area contributed by atoms with Crippen LogP contribution in [0, 0.1) is 6.92 Å². The zero-order chi connectivity index (χ0) is 17.8. The van der Waals surface area contributed by atoms with Crippen LogP contribution in [0.3, 0.4) is 0 Å². The van der Waals surface area contributed by atoms with Gasteiger partial charge in [0.2, 0.25) is 0 Å². The van der Waals surface area contributed by atoms with Crippen molar-refractivity contribution in [3.63, 3.8) is 0 Å². The number of carbonyl (C=O) groups is 1. The summed E-state index contributed by atoms with van der Waals surface area (Å²) in [5.74, 6) is 0.138. The Morgan fingerprint density at radius 3 is 2.36 bits per heavy atom. The number of para-hydroxylation sites is 1. The third kappa shape index (κ3) is 3.61. The normalized spacial score (nSPS) is 15.6. The van der Waals surface area contributed by atoms with E-state index in [1.165, 1.54) is 0 Å². The van der Waals surface area contributed by atoms with Gasteiger partial charge in [-0.15, -0.1) is 0 Å². The fourth-order valence-electron chi connectivity index (χ4n) is 3.50. The van der Waals surface area contributed by atoms with E-state index in [-0.39, 0.29) is 5.91 Å². The van der Waals surface area contributed by atoms with Gasteiger partial charge in [-0.1, -0.05) is 38.5 Å². The van der Waals surface area contributed by atoms with Gasteiger partial charge in [0.1, 0.15) is 0 Å². The Hall–Kier alpha value is -2.14. The van der Waals surface area contributed by atoms with Crippen LogP contribution in [0.2, 0.25) is 0 Å². The van der Waals surface area contributed by atoms with Crippen LogP contribution < -0.4 is 0 Å². The van der Waals surface area contributed by atoms with Gasteiger partial charge in [-0.25, -0.2) is 4.68 Å². The number of piperazine rings is 1. The summed E-state index contributed by atoms with van der Waals surface area (Å²) < 4.78 is 1.92. The standard InChI is InChI=1S/C20H28N4O/c1-4-9-18-19(20(25)23-14-12-22(5-2)13-15-23)16(3)24(21-18)17-10-7-6-8-11-17/h6-8,10-11H,4-5,9,12-15H2,1-3H3. The molecule has 1 fully saturated rings. The van der Waals surface area contributed by atoms with Crippen LogP contribution in [-0.2, 0) is 6.42 Å². The van der Waals surface area contributed by atoms with Gasteiger partial charge in [-0.05, 0) is 32.0 Å². The van der Waals surface area contributed by atoms with Gasteiger partial charge in [0.05, 0.1) is 22.6 Å². The van der Waals surface area contributed by atoms with E-state index in [1.54, 1.807) is 0 Å². The largest absolute Gasteiger partial charge is 0.336 e. The van der Waals surface area contributed by atoms with Crippen molar-refractivity contribution in [3.05, 3.63) is 47.3 Å². The minimum atomic E-state index is 0.138. The van der Waals surface area contributed by atoms with Crippen LogP contribution in [0.4, 0.5) is 0 Å². The van der Waals surface area contributed by atoms with Crippen LogP contribution in [-0.4, -0.2) is 58.2 Å². The van der Waals surface area contributed by atoms with E-state index >= 15 is 0 Å². The van der Waals surface area contributed by atoms with E-state index in [0.29, 0.717) is 0 Å². The second kappa shape index (κ2) is 7.83. The molecule has 2 aromatic rings. The topological polar surface area (TPSA) is 41.4 Å². The Labute approximate surface area is 150 Å². The van der Waals surface area contributed by atoms with Crippen LogP contribution >= 0.6 is 0 Å². The fraction of sp³-hybridized carbons (Fsp3) is 0.500. The van der Waals surface area contributed by atoms with Crippen LogP contribution in [0.25, 0.3) is 5.69 Å². The molecular formula is C20H28N4O. The molecule has 0 radical (unpaired) electrons. The Kier molecular flexibility index (Phi) is 5.53. The zero-order valence-electron chi connectivity index (χ0n) is 15.5. The lowest BCUT2D eigenvalue weighted by atomic mass is 10.1. The minimum absolute atomic E-state index is 0.138. The average molecular weight is 340 g/mol. The molecule has 134 valence electrons. The van der Waals surface area contributed by atoms with E-state index in [9.17, 15) is 4.79 Å². The maximum Gasteiger partial charge on any atom is 0.257 e. The SMILES string of the molecule is CCCc1nn(-c2ccccc2)c(C)c1C(=O)N1CCN(CC)CC1. The number of hydrogen-bond acceptors (Lipinski definition) is 3. The molecule has 0 spiro atoms. The highest BCUT2D eigenvalue weighted by Crippen LogP contribution is 2.22. The molecule has 1 amide bonds. The molecule has 25 heavy (non-hydrogen) atoms. The first-order valence-corrected chi connectivity index (χ1v) is 9.31. The van der Waals surface area contributed by atoms with E-state index in [0.717, 1.165) is 68.2 Å². The summed E-state index contributed by atoms with van der Waals surface area (Å²) in [7, 11) is 0. The lowest BCUT2D eigenvalue weighted by molar-refractivity contribution is 0.0641. The summed E-state index contributed by atoms with van der Waals surface area (Å²) in [5, 5.41) is 4.78. The molecular weight excluding hydrogens is 312 g/mol. The Balaban J connectivity index is 1.92. The summed E-state index contributed by atoms with van der Waals surface area (Å²) in [6, 6.07) is 10.1. The number of amides is 1. The molecule has 0 unspecified atom stereocenters. The summed E-state index contributed by atoms with van der Waals surface area (Å²) >= 11 is 0. The summed E-state index contributed by atoms with van der Waals surface area (Å²) in [6.07, 6.45) is 1.81. The molecule has 1 aliphatic heterocycles. The number of carbonyl (C=O) groups excluding carboxylic acids is 1. The molecule has 0 aliphatic carbocycles. The molecule has 1 saturated heterocycles. The maximum absolute atomic E-state index is 13.2. The average Bonchev–Trinajstić information content (AvgIpc) is 2.98. The molecule has 1 aromatic carbocycles. The molecule has 0 saturated carbocycles. The first kappa shape index (κ1) is 17.7. The molecule has 0 N–H and O–H groups in total. The van der Waals surface area contributed by atoms with Crippen molar-refractivity contribution in [2.45, 2.75) is 33.6 Å². The minimum Gasteiger partial charge on any atom is -0.336 e. The highest BCUT2D eigenvalue weighted by Gasteiger charge is 2.27. The number of hydrogen-bond donors (Lipinski definition) is 0. The molecule has 5 heteroatoms. The Morgan fingerprint density at radius 2 is 1.76 bits per heavy atom.